The van der Waals surface area contributed by atoms with Gasteiger partial charge < -0.3 is 5.11 Å². The molecule has 0 heterocycles. The Kier molecular flexibility index (Phi) is 2.32. The maximum Gasteiger partial charge on any atom is 0.123 e. The van der Waals surface area contributed by atoms with Gasteiger partial charge in [0, 0.05) is 5.92 Å². The van der Waals surface area contributed by atoms with Crippen LogP contribution in [-0.2, 0) is 0 Å². The van der Waals surface area contributed by atoms with Crippen LogP contribution >= 0.6 is 0 Å². The molecule has 1 aromatic carbocycles. The van der Waals surface area contributed by atoms with Gasteiger partial charge in [0.05, 0.1) is 6.10 Å². The molecule has 2 atom stereocenters. The van der Waals surface area contributed by atoms with Crippen molar-refractivity contribution in [2.24, 2.45) is 0 Å². The molecule has 0 bridgehead atoms. The molecule has 0 aliphatic heterocycles. The van der Waals surface area contributed by atoms with E-state index < -0.39 is 0 Å². The Morgan fingerprint density at radius 2 is 2.15 bits per heavy atom. The Labute approximate surface area is 77.2 Å². The summed E-state index contributed by atoms with van der Waals surface area (Å²) in [6.45, 7) is 0. The van der Waals surface area contributed by atoms with Crippen molar-refractivity contribution in [3.8, 4) is 0 Å². The van der Waals surface area contributed by atoms with Gasteiger partial charge in [-0.2, -0.15) is 0 Å². The van der Waals surface area contributed by atoms with Crippen LogP contribution in [0.2, 0.25) is 0 Å². The number of aliphatic hydroxyl groups is 1. The van der Waals surface area contributed by atoms with Crippen molar-refractivity contribution >= 4 is 0 Å². The van der Waals surface area contributed by atoms with E-state index in [9.17, 15) is 9.50 Å². The monoisotopic (exact) mass is 180 g/mol. The minimum absolute atomic E-state index is 0.149. The van der Waals surface area contributed by atoms with Crippen LogP contribution in [0.3, 0.4) is 0 Å². The average Bonchev–Trinajstić information content (AvgIpc) is 2.51. The van der Waals surface area contributed by atoms with E-state index in [1.165, 1.54) is 12.1 Å². The molecule has 2 heteroatoms. The highest BCUT2D eigenvalue weighted by molar-refractivity contribution is 5.22. The van der Waals surface area contributed by atoms with Gasteiger partial charge in [0.1, 0.15) is 5.82 Å². The van der Waals surface area contributed by atoms with Crippen molar-refractivity contribution in [2.75, 3.05) is 0 Å². The summed E-state index contributed by atoms with van der Waals surface area (Å²) in [5, 5.41) is 9.61. The molecule has 0 amide bonds. The number of hydrogen-bond acceptors (Lipinski definition) is 1. The normalized spacial score (nSPS) is 27.8. The molecule has 0 unspecified atom stereocenters. The quantitative estimate of drug-likeness (QED) is 0.703. The molecule has 2 rings (SSSR count). The van der Waals surface area contributed by atoms with Crippen molar-refractivity contribution in [1.82, 2.24) is 0 Å². The number of rotatable bonds is 1. The Hall–Kier alpha value is -0.890. The Morgan fingerprint density at radius 1 is 1.31 bits per heavy atom. The molecule has 1 saturated carbocycles. The van der Waals surface area contributed by atoms with E-state index in [1.807, 2.05) is 6.07 Å². The van der Waals surface area contributed by atoms with Gasteiger partial charge in [0.2, 0.25) is 0 Å². The zero-order chi connectivity index (χ0) is 9.26. The fourth-order valence-corrected chi connectivity index (χ4v) is 2.07. The highest BCUT2D eigenvalue weighted by Crippen LogP contribution is 2.34. The first-order valence-corrected chi connectivity index (χ1v) is 4.71. The molecule has 0 radical (unpaired) electrons. The van der Waals surface area contributed by atoms with E-state index in [-0.39, 0.29) is 17.8 Å². The van der Waals surface area contributed by atoms with Crippen molar-refractivity contribution in [3.05, 3.63) is 35.6 Å². The second-order valence-corrected chi connectivity index (χ2v) is 3.66. The second-order valence-electron chi connectivity index (χ2n) is 3.66. The molecule has 70 valence electrons. The Morgan fingerprint density at radius 3 is 2.77 bits per heavy atom. The molecular weight excluding hydrogens is 167 g/mol. The predicted octanol–water partition coefficient (Wildman–Crippen LogP) is 2.45. The number of aliphatic hydroxyl groups excluding tert-OH is 1. The predicted molar refractivity (Wildman–Crippen MR) is 49.0 cm³/mol. The average molecular weight is 180 g/mol. The fourth-order valence-electron chi connectivity index (χ4n) is 2.07. The van der Waals surface area contributed by atoms with Gasteiger partial charge in [-0.15, -0.1) is 0 Å². The molecular formula is C11H13FO. The van der Waals surface area contributed by atoms with E-state index in [1.54, 1.807) is 6.07 Å². The zero-order valence-electron chi connectivity index (χ0n) is 7.41. The van der Waals surface area contributed by atoms with E-state index in [0.29, 0.717) is 0 Å². The van der Waals surface area contributed by atoms with Crippen LogP contribution in [0.5, 0.6) is 0 Å². The number of hydrogen-bond donors (Lipinski definition) is 1. The lowest BCUT2D eigenvalue weighted by atomic mass is 9.96. The van der Waals surface area contributed by atoms with E-state index in [2.05, 4.69) is 0 Å². The lowest BCUT2D eigenvalue weighted by Gasteiger charge is -2.14. The van der Waals surface area contributed by atoms with Crippen molar-refractivity contribution < 1.29 is 9.50 Å². The third-order valence-electron chi connectivity index (χ3n) is 2.76. The highest BCUT2D eigenvalue weighted by atomic mass is 19.1. The smallest absolute Gasteiger partial charge is 0.123 e. The molecule has 1 N–H and O–H groups in total. The van der Waals surface area contributed by atoms with Crippen molar-refractivity contribution in [1.29, 1.82) is 0 Å². The van der Waals surface area contributed by atoms with Gasteiger partial charge in [-0.05, 0) is 30.5 Å². The van der Waals surface area contributed by atoms with E-state index >= 15 is 0 Å². The number of halogens is 1. The summed E-state index contributed by atoms with van der Waals surface area (Å²) in [4.78, 5) is 0. The maximum atomic E-state index is 12.9. The molecule has 0 spiro atoms. The van der Waals surface area contributed by atoms with Crippen molar-refractivity contribution in [3.63, 3.8) is 0 Å². The first kappa shape index (κ1) is 8.70. The van der Waals surface area contributed by atoms with Gasteiger partial charge in [0.25, 0.3) is 0 Å². The van der Waals surface area contributed by atoms with Gasteiger partial charge >= 0.3 is 0 Å². The minimum atomic E-state index is -0.276. The summed E-state index contributed by atoms with van der Waals surface area (Å²) in [5.74, 6) is -0.0627. The van der Waals surface area contributed by atoms with Crippen LogP contribution < -0.4 is 0 Å². The second kappa shape index (κ2) is 3.46. The third kappa shape index (κ3) is 1.73. The lowest BCUT2D eigenvalue weighted by Crippen LogP contribution is -2.10. The highest BCUT2D eigenvalue weighted by Gasteiger charge is 2.26. The zero-order valence-corrected chi connectivity index (χ0v) is 7.41. The van der Waals surface area contributed by atoms with Crippen LogP contribution in [0.15, 0.2) is 24.3 Å². The van der Waals surface area contributed by atoms with Crippen LogP contribution in [0.25, 0.3) is 0 Å². The first-order chi connectivity index (χ1) is 6.27. The summed E-state index contributed by atoms with van der Waals surface area (Å²) in [6, 6.07) is 6.56. The summed E-state index contributed by atoms with van der Waals surface area (Å²) in [5.41, 5.74) is 0.935. The van der Waals surface area contributed by atoms with Gasteiger partial charge in [-0.3, -0.25) is 0 Å². The topological polar surface area (TPSA) is 20.2 Å². The molecule has 1 aromatic rings. The standard InChI is InChI=1S/C11H13FO/c12-9-4-1-3-8(7-9)10-5-2-6-11(10)13/h1,3-4,7,10-11,13H,2,5-6H2/t10-,11+/m0/s1. The lowest BCUT2D eigenvalue weighted by molar-refractivity contribution is 0.163. The van der Waals surface area contributed by atoms with Crippen LogP contribution in [0.4, 0.5) is 4.39 Å². The molecule has 0 saturated heterocycles. The van der Waals surface area contributed by atoms with Gasteiger partial charge in [0.15, 0.2) is 0 Å². The molecule has 1 fully saturated rings. The van der Waals surface area contributed by atoms with Gasteiger partial charge in [-0.25, -0.2) is 4.39 Å². The summed E-state index contributed by atoms with van der Waals surface area (Å²) >= 11 is 0. The molecule has 1 aliphatic rings. The summed E-state index contributed by atoms with van der Waals surface area (Å²) < 4.78 is 12.9. The van der Waals surface area contributed by atoms with Crippen LogP contribution in [0.1, 0.15) is 30.7 Å². The molecule has 1 nitrogen and oxygen atoms in total. The minimum Gasteiger partial charge on any atom is -0.392 e. The molecule has 0 aromatic heterocycles. The Bertz CT molecular complexity index is 298. The fraction of sp³-hybridized carbons (Fsp3) is 0.455. The summed E-state index contributed by atoms with van der Waals surface area (Å²) in [7, 11) is 0. The Balaban J connectivity index is 2.24. The molecule has 13 heavy (non-hydrogen) atoms. The first-order valence-electron chi connectivity index (χ1n) is 4.71. The third-order valence-corrected chi connectivity index (χ3v) is 2.76. The van der Waals surface area contributed by atoms with Crippen LogP contribution in [-0.4, -0.2) is 11.2 Å². The largest absolute Gasteiger partial charge is 0.392 e. The molecule has 1 aliphatic carbocycles. The van der Waals surface area contributed by atoms with E-state index in [0.717, 1.165) is 24.8 Å². The van der Waals surface area contributed by atoms with E-state index in [4.69, 9.17) is 0 Å². The number of benzene rings is 1. The SMILES string of the molecule is O[C@@H]1CCC[C@H]1c1cccc(F)c1. The maximum absolute atomic E-state index is 12.9. The van der Waals surface area contributed by atoms with Crippen LogP contribution in [0, 0.1) is 5.82 Å². The van der Waals surface area contributed by atoms with Crippen molar-refractivity contribution in [2.45, 2.75) is 31.3 Å². The summed E-state index contributed by atoms with van der Waals surface area (Å²) in [6.07, 6.45) is 2.59. The van der Waals surface area contributed by atoms with Gasteiger partial charge in [-0.1, -0.05) is 18.6 Å².